The third-order valence-electron chi connectivity index (χ3n) is 3.91. The van der Waals surface area contributed by atoms with Crippen LogP contribution in [0.15, 0.2) is 4.52 Å². The lowest BCUT2D eigenvalue weighted by Crippen LogP contribution is -2.01. The summed E-state index contributed by atoms with van der Waals surface area (Å²) in [6.07, 6.45) is 4.88. The van der Waals surface area contributed by atoms with E-state index in [1.807, 2.05) is 6.92 Å². The SMILES string of the molecule is CCCC(O)c1noc(C2CC3CC3C2)n1. The highest BCUT2D eigenvalue weighted by Crippen LogP contribution is 2.57. The van der Waals surface area contributed by atoms with Crippen LogP contribution in [0.3, 0.4) is 0 Å². The molecule has 3 unspecified atom stereocenters. The fourth-order valence-corrected chi connectivity index (χ4v) is 2.87. The van der Waals surface area contributed by atoms with E-state index >= 15 is 0 Å². The highest BCUT2D eigenvalue weighted by atomic mass is 16.5. The van der Waals surface area contributed by atoms with Gasteiger partial charge in [-0.2, -0.15) is 4.98 Å². The molecule has 0 aromatic carbocycles. The van der Waals surface area contributed by atoms with Gasteiger partial charge in [0.1, 0.15) is 6.10 Å². The number of aliphatic hydroxyl groups is 1. The largest absolute Gasteiger partial charge is 0.385 e. The highest BCUT2D eigenvalue weighted by Gasteiger charge is 2.47. The number of aliphatic hydroxyl groups excluding tert-OH is 1. The quantitative estimate of drug-likeness (QED) is 0.849. The van der Waals surface area contributed by atoms with Gasteiger partial charge in [-0.05, 0) is 37.5 Å². The van der Waals surface area contributed by atoms with E-state index in [-0.39, 0.29) is 0 Å². The summed E-state index contributed by atoms with van der Waals surface area (Å²) in [4.78, 5) is 4.34. The lowest BCUT2D eigenvalue weighted by atomic mass is 10.0. The average Bonchev–Trinajstić information content (AvgIpc) is 2.74. The first-order valence-electron chi connectivity index (χ1n) is 6.29. The second-order valence-electron chi connectivity index (χ2n) is 5.22. The Balaban J connectivity index is 1.67. The molecule has 0 bridgehead atoms. The van der Waals surface area contributed by atoms with Crippen LogP contribution in [-0.2, 0) is 0 Å². The van der Waals surface area contributed by atoms with Crippen molar-refractivity contribution in [2.45, 2.75) is 51.0 Å². The van der Waals surface area contributed by atoms with E-state index < -0.39 is 6.10 Å². The van der Waals surface area contributed by atoms with Gasteiger partial charge in [0.05, 0.1) is 0 Å². The summed E-state index contributed by atoms with van der Waals surface area (Å²) in [5, 5.41) is 13.6. The zero-order valence-electron chi connectivity index (χ0n) is 9.59. The van der Waals surface area contributed by atoms with Crippen molar-refractivity contribution in [1.82, 2.24) is 10.1 Å². The number of rotatable bonds is 4. The Morgan fingerprint density at radius 2 is 2.12 bits per heavy atom. The van der Waals surface area contributed by atoms with Gasteiger partial charge in [-0.1, -0.05) is 18.5 Å². The van der Waals surface area contributed by atoms with Crippen LogP contribution in [0.1, 0.15) is 62.8 Å². The maximum atomic E-state index is 9.75. The van der Waals surface area contributed by atoms with E-state index in [1.165, 1.54) is 19.3 Å². The number of fused-ring (bicyclic) bond motifs is 1. The Morgan fingerprint density at radius 1 is 1.38 bits per heavy atom. The first-order chi connectivity index (χ1) is 7.78. The van der Waals surface area contributed by atoms with Crippen LogP contribution < -0.4 is 0 Å². The molecule has 3 atom stereocenters. The number of hydrogen-bond donors (Lipinski definition) is 1. The molecule has 1 N–H and O–H groups in total. The van der Waals surface area contributed by atoms with Crippen molar-refractivity contribution in [2.75, 3.05) is 0 Å². The summed E-state index contributed by atoms with van der Waals surface area (Å²) in [6, 6.07) is 0. The molecule has 3 rings (SSSR count). The first kappa shape index (κ1) is 10.3. The third-order valence-corrected chi connectivity index (χ3v) is 3.91. The van der Waals surface area contributed by atoms with Gasteiger partial charge in [0.2, 0.25) is 5.89 Å². The zero-order valence-corrected chi connectivity index (χ0v) is 9.59. The molecule has 0 spiro atoms. The minimum Gasteiger partial charge on any atom is -0.385 e. The van der Waals surface area contributed by atoms with E-state index in [4.69, 9.17) is 4.52 Å². The van der Waals surface area contributed by atoms with Crippen LogP contribution in [0, 0.1) is 11.8 Å². The second kappa shape index (κ2) is 3.84. The van der Waals surface area contributed by atoms with E-state index in [2.05, 4.69) is 10.1 Å². The monoisotopic (exact) mass is 222 g/mol. The molecule has 1 aromatic heterocycles. The molecule has 2 aliphatic rings. The Bertz CT molecular complexity index is 367. The number of hydrogen-bond acceptors (Lipinski definition) is 4. The zero-order chi connectivity index (χ0) is 11.1. The van der Waals surface area contributed by atoms with E-state index in [0.29, 0.717) is 18.2 Å². The molecule has 16 heavy (non-hydrogen) atoms. The van der Waals surface area contributed by atoms with E-state index in [0.717, 1.165) is 24.1 Å². The molecule has 2 aliphatic carbocycles. The third kappa shape index (κ3) is 1.75. The fourth-order valence-electron chi connectivity index (χ4n) is 2.87. The second-order valence-corrected chi connectivity index (χ2v) is 5.22. The number of aromatic nitrogens is 2. The molecule has 0 amide bonds. The molecule has 0 radical (unpaired) electrons. The van der Waals surface area contributed by atoms with Gasteiger partial charge >= 0.3 is 0 Å². The highest BCUT2D eigenvalue weighted by molar-refractivity contribution is 5.07. The molecule has 2 saturated carbocycles. The van der Waals surface area contributed by atoms with Crippen LogP contribution in [0.25, 0.3) is 0 Å². The van der Waals surface area contributed by atoms with Crippen molar-refractivity contribution < 1.29 is 9.63 Å². The molecule has 1 aromatic rings. The van der Waals surface area contributed by atoms with E-state index in [9.17, 15) is 5.11 Å². The summed E-state index contributed by atoms with van der Waals surface area (Å²) in [5.74, 6) is 3.51. The Kier molecular flexibility index (Phi) is 2.46. The smallest absolute Gasteiger partial charge is 0.229 e. The molecule has 2 fully saturated rings. The van der Waals surface area contributed by atoms with Crippen LogP contribution >= 0.6 is 0 Å². The molecule has 0 aliphatic heterocycles. The van der Waals surface area contributed by atoms with Gasteiger partial charge in [0.15, 0.2) is 5.82 Å². The van der Waals surface area contributed by atoms with Crippen molar-refractivity contribution in [2.24, 2.45) is 11.8 Å². The summed E-state index contributed by atoms with van der Waals surface area (Å²) in [7, 11) is 0. The summed E-state index contributed by atoms with van der Waals surface area (Å²) in [6.45, 7) is 2.04. The summed E-state index contributed by atoms with van der Waals surface area (Å²) >= 11 is 0. The van der Waals surface area contributed by atoms with Crippen molar-refractivity contribution in [1.29, 1.82) is 0 Å². The predicted molar refractivity (Wildman–Crippen MR) is 57.7 cm³/mol. The van der Waals surface area contributed by atoms with Gasteiger partial charge in [-0.25, -0.2) is 0 Å². The molecular weight excluding hydrogens is 204 g/mol. The van der Waals surface area contributed by atoms with Gasteiger partial charge < -0.3 is 9.63 Å². The molecular formula is C12H18N2O2. The van der Waals surface area contributed by atoms with Gasteiger partial charge in [0.25, 0.3) is 0 Å². The molecule has 4 nitrogen and oxygen atoms in total. The summed E-state index contributed by atoms with van der Waals surface area (Å²) in [5.41, 5.74) is 0. The standard InChI is InChI=1S/C12H18N2O2/c1-2-3-10(15)11-13-12(16-14-11)9-5-7-4-8(7)6-9/h7-10,15H,2-6H2,1H3. The van der Waals surface area contributed by atoms with E-state index in [1.54, 1.807) is 0 Å². The van der Waals surface area contributed by atoms with Crippen LogP contribution in [0.5, 0.6) is 0 Å². The van der Waals surface area contributed by atoms with Crippen molar-refractivity contribution in [3.05, 3.63) is 11.7 Å². The van der Waals surface area contributed by atoms with Crippen LogP contribution in [0.2, 0.25) is 0 Å². The van der Waals surface area contributed by atoms with Gasteiger partial charge in [0, 0.05) is 5.92 Å². The topological polar surface area (TPSA) is 59.2 Å². The summed E-state index contributed by atoms with van der Waals surface area (Å²) < 4.78 is 5.26. The Hall–Kier alpha value is -0.900. The first-order valence-corrected chi connectivity index (χ1v) is 6.29. The fraction of sp³-hybridized carbons (Fsp3) is 0.833. The minimum atomic E-state index is -0.557. The van der Waals surface area contributed by atoms with Crippen LogP contribution in [0.4, 0.5) is 0 Å². The average molecular weight is 222 g/mol. The maximum Gasteiger partial charge on any atom is 0.229 e. The Morgan fingerprint density at radius 3 is 2.81 bits per heavy atom. The Labute approximate surface area is 95.0 Å². The maximum absolute atomic E-state index is 9.75. The molecule has 1 heterocycles. The normalized spacial score (nSPS) is 33.8. The van der Waals surface area contributed by atoms with Crippen LogP contribution in [-0.4, -0.2) is 15.2 Å². The van der Waals surface area contributed by atoms with Crippen molar-refractivity contribution >= 4 is 0 Å². The molecule has 88 valence electrons. The van der Waals surface area contributed by atoms with Crippen molar-refractivity contribution in [3.8, 4) is 0 Å². The van der Waals surface area contributed by atoms with Gasteiger partial charge in [-0.3, -0.25) is 0 Å². The molecule has 4 heteroatoms. The van der Waals surface area contributed by atoms with Crippen molar-refractivity contribution in [3.63, 3.8) is 0 Å². The van der Waals surface area contributed by atoms with Gasteiger partial charge in [-0.15, -0.1) is 0 Å². The lowest BCUT2D eigenvalue weighted by molar-refractivity contribution is 0.152. The predicted octanol–water partition coefficient (Wildman–Crippen LogP) is 2.42. The lowest BCUT2D eigenvalue weighted by Gasteiger charge is -2.04. The number of nitrogens with zero attached hydrogens (tertiary/aromatic N) is 2. The molecule has 0 saturated heterocycles. The minimum absolute atomic E-state index is 0.457.